The summed E-state index contributed by atoms with van der Waals surface area (Å²) in [6.07, 6.45) is 5.21. The lowest BCUT2D eigenvalue weighted by atomic mass is 10.1. The maximum Gasteiger partial charge on any atom is 0.242 e. The van der Waals surface area contributed by atoms with Crippen LogP contribution in [0.25, 0.3) is 0 Å². The molecule has 1 aliphatic carbocycles. The van der Waals surface area contributed by atoms with E-state index in [1.54, 1.807) is 12.0 Å². The van der Waals surface area contributed by atoms with Gasteiger partial charge >= 0.3 is 0 Å². The Hall–Kier alpha value is -2.54. The Labute approximate surface area is 204 Å². The number of hydrogen-bond donors (Lipinski definition) is 1. The largest absolute Gasteiger partial charge is 0.497 e. The lowest BCUT2D eigenvalue weighted by molar-refractivity contribution is -0.141. The fourth-order valence-corrected chi connectivity index (χ4v) is 4.25. The molecule has 0 spiro atoms. The van der Waals surface area contributed by atoms with Gasteiger partial charge < -0.3 is 19.7 Å². The molecule has 2 amide bonds. The highest BCUT2D eigenvalue weighted by atomic mass is 79.9. The zero-order chi connectivity index (χ0) is 23.6. The highest BCUT2D eigenvalue weighted by Gasteiger charge is 2.28. The molecule has 0 radical (unpaired) electrons. The summed E-state index contributed by atoms with van der Waals surface area (Å²) in [5, 5.41) is 3.13. The van der Waals surface area contributed by atoms with Gasteiger partial charge in [0, 0.05) is 23.5 Å². The van der Waals surface area contributed by atoms with E-state index in [1.165, 1.54) is 0 Å². The quantitative estimate of drug-likeness (QED) is 0.422. The van der Waals surface area contributed by atoms with Crippen LogP contribution in [-0.2, 0) is 16.1 Å². The molecule has 1 fully saturated rings. The normalized spacial score (nSPS) is 14.5. The molecule has 2 aromatic carbocycles. The van der Waals surface area contributed by atoms with Crippen molar-refractivity contribution < 1.29 is 19.1 Å². The van der Waals surface area contributed by atoms with E-state index in [0.29, 0.717) is 26.0 Å². The summed E-state index contributed by atoms with van der Waals surface area (Å²) in [4.78, 5) is 27.7. The van der Waals surface area contributed by atoms with Gasteiger partial charge in [-0.1, -0.05) is 40.9 Å². The number of hydrogen-bond acceptors (Lipinski definition) is 4. The molecule has 0 unspecified atom stereocenters. The molecule has 7 heteroatoms. The van der Waals surface area contributed by atoms with Crippen LogP contribution in [0.4, 0.5) is 0 Å². The zero-order valence-corrected chi connectivity index (χ0v) is 21.0. The minimum atomic E-state index is -0.538. The van der Waals surface area contributed by atoms with Crippen molar-refractivity contribution in [1.82, 2.24) is 10.2 Å². The minimum absolute atomic E-state index is 0.0506. The van der Waals surface area contributed by atoms with Gasteiger partial charge in [0.1, 0.15) is 17.5 Å². The zero-order valence-electron chi connectivity index (χ0n) is 19.4. The molecule has 2 aromatic rings. The third kappa shape index (κ3) is 7.77. The third-order valence-corrected chi connectivity index (χ3v) is 6.53. The molecule has 1 N–H and O–H groups in total. The van der Waals surface area contributed by atoms with Gasteiger partial charge in [0.15, 0.2) is 0 Å². The fourth-order valence-electron chi connectivity index (χ4n) is 3.99. The highest BCUT2D eigenvalue weighted by molar-refractivity contribution is 9.10. The Morgan fingerprint density at radius 2 is 1.70 bits per heavy atom. The molecule has 1 atom stereocenters. The van der Waals surface area contributed by atoms with Crippen molar-refractivity contribution in [3.05, 3.63) is 58.6 Å². The number of rotatable bonds is 11. The van der Waals surface area contributed by atoms with Crippen molar-refractivity contribution in [2.75, 3.05) is 13.7 Å². The van der Waals surface area contributed by atoms with Crippen molar-refractivity contribution in [3.8, 4) is 11.5 Å². The number of nitrogens with zero attached hydrogens (tertiary/aromatic N) is 1. The van der Waals surface area contributed by atoms with Gasteiger partial charge in [0.2, 0.25) is 11.8 Å². The molecule has 0 aromatic heterocycles. The molecule has 0 aliphatic heterocycles. The van der Waals surface area contributed by atoms with Gasteiger partial charge in [0.25, 0.3) is 0 Å². The van der Waals surface area contributed by atoms with E-state index in [0.717, 1.165) is 47.2 Å². The van der Waals surface area contributed by atoms with Crippen LogP contribution >= 0.6 is 15.9 Å². The average molecular weight is 517 g/mol. The van der Waals surface area contributed by atoms with Crippen molar-refractivity contribution >= 4 is 27.7 Å². The van der Waals surface area contributed by atoms with Crippen LogP contribution in [0, 0.1) is 0 Å². The van der Waals surface area contributed by atoms with Gasteiger partial charge in [-0.2, -0.15) is 0 Å². The van der Waals surface area contributed by atoms with Crippen LogP contribution in [-0.4, -0.2) is 42.5 Å². The topological polar surface area (TPSA) is 67.9 Å². The Morgan fingerprint density at radius 3 is 2.33 bits per heavy atom. The molecule has 6 nitrogen and oxygen atoms in total. The number of methoxy groups -OCH3 is 1. The summed E-state index contributed by atoms with van der Waals surface area (Å²) in [5.41, 5.74) is 0.988. The molecule has 0 heterocycles. The van der Waals surface area contributed by atoms with Crippen LogP contribution in [0.2, 0.25) is 0 Å². The number of amides is 2. The van der Waals surface area contributed by atoms with Gasteiger partial charge in [0.05, 0.1) is 13.7 Å². The molecule has 0 bridgehead atoms. The third-order valence-electron chi connectivity index (χ3n) is 6.00. The van der Waals surface area contributed by atoms with E-state index in [1.807, 2.05) is 55.5 Å². The molecule has 33 heavy (non-hydrogen) atoms. The Bertz CT molecular complexity index is 896. The van der Waals surface area contributed by atoms with Gasteiger partial charge in [-0.15, -0.1) is 0 Å². The van der Waals surface area contributed by atoms with Crippen LogP contribution in [0.15, 0.2) is 53.0 Å². The van der Waals surface area contributed by atoms with Gasteiger partial charge in [-0.05, 0) is 68.1 Å². The standard InChI is InChI=1S/C26H33BrN2O4/c1-19(26(31)28-22-6-3-4-7-22)29(18-20-9-11-21(27)12-10-20)25(30)8-5-17-33-24-15-13-23(32-2)14-16-24/h9-16,19,22H,3-8,17-18H2,1-2H3,(H,28,31)/t19-/m0/s1. The number of ether oxygens (including phenoxy) is 2. The summed E-state index contributed by atoms with van der Waals surface area (Å²) >= 11 is 3.45. The van der Waals surface area contributed by atoms with Crippen molar-refractivity contribution in [2.45, 2.75) is 64.1 Å². The predicted molar refractivity (Wildman–Crippen MR) is 132 cm³/mol. The maximum absolute atomic E-state index is 13.2. The minimum Gasteiger partial charge on any atom is -0.497 e. The number of nitrogens with one attached hydrogen (secondary N) is 1. The van der Waals surface area contributed by atoms with E-state index in [4.69, 9.17) is 9.47 Å². The van der Waals surface area contributed by atoms with Crippen LogP contribution in [0.5, 0.6) is 11.5 Å². The summed E-state index contributed by atoms with van der Waals surface area (Å²) in [5.74, 6) is 1.37. The molecule has 178 valence electrons. The van der Waals surface area contributed by atoms with Crippen molar-refractivity contribution in [3.63, 3.8) is 0 Å². The monoisotopic (exact) mass is 516 g/mol. The second-order valence-corrected chi connectivity index (χ2v) is 9.36. The van der Waals surface area contributed by atoms with E-state index in [-0.39, 0.29) is 17.9 Å². The smallest absolute Gasteiger partial charge is 0.242 e. The fraction of sp³-hybridized carbons (Fsp3) is 0.462. The second-order valence-electron chi connectivity index (χ2n) is 8.44. The summed E-state index contributed by atoms with van der Waals surface area (Å²) in [7, 11) is 1.62. The first-order valence-electron chi connectivity index (χ1n) is 11.6. The van der Waals surface area contributed by atoms with Crippen LogP contribution < -0.4 is 14.8 Å². The maximum atomic E-state index is 13.2. The Kier molecular flexibility index (Phi) is 9.61. The van der Waals surface area contributed by atoms with Crippen LogP contribution in [0.3, 0.4) is 0 Å². The highest BCUT2D eigenvalue weighted by Crippen LogP contribution is 2.20. The summed E-state index contributed by atoms with van der Waals surface area (Å²) < 4.78 is 11.9. The molecule has 1 saturated carbocycles. The van der Waals surface area contributed by atoms with Gasteiger partial charge in [-0.3, -0.25) is 9.59 Å². The first-order chi connectivity index (χ1) is 16.0. The lowest BCUT2D eigenvalue weighted by Gasteiger charge is -2.30. The second kappa shape index (κ2) is 12.6. The Balaban J connectivity index is 1.57. The molecule has 0 saturated heterocycles. The van der Waals surface area contributed by atoms with E-state index >= 15 is 0 Å². The van der Waals surface area contributed by atoms with E-state index in [2.05, 4.69) is 21.2 Å². The molecular weight excluding hydrogens is 484 g/mol. The molecule has 3 rings (SSSR count). The van der Waals surface area contributed by atoms with E-state index < -0.39 is 6.04 Å². The first kappa shape index (κ1) is 25.1. The number of halogens is 1. The summed E-state index contributed by atoms with van der Waals surface area (Å²) in [6.45, 7) is 2.63. The molecular formula is C26H33BrN2O4. The number of carbonyl (C=O) groups excluding carboxylic acids is 2. The van der Waals surface area contributed by atoms with Gasteiger partial charge in [-0.25, -0.2) is 0 Å². The summed E-state index contributed by atoms with van der Waals surface area (Å²) in [6, 6.07) is 14.9. The van der Waals surface area contributed by atoms with Crippen LogP contribution in [0.1, 0.15) is 51.0 Å². The number of benzene rings is 2. The van der Waals surface area contributed by atoms with Crippen molar-refractivity contribution in [2.24, 2.45) is 0 Å². The van der Waals surface area contributed by atoms with E-state index in [9.17, 15) is 9.59 Å². The molecule has 1 aliphatic rings. The SMILES string of the molecule is COc1ccc(OCCCC(=O)N(Cc2ccc(Br)cc2)[C@@H](C)C(=O)NC2CCCC2)cc1. The average Bonchev–Trinajstić information content (AvgIpc) is 3.34. The Morgan fingerprint density at radius 1 is 1.06 bits per heavy atom. The lowest BCUT2D eigenvalue weighted by Crippen LogP contribution is -2.49. The number of carbonyl (C=O) groups is 2. The van der Waals surface area contributed by atoms with Crippen molar-refractivity contribution in [1.29, 1.82) is 0 Å². The predicted octanol–water partition coefficient (Wildman–Crippen LogP) is 5.09. The first-order valence-corrected chi connectivity index (χ1v) is 12.4.